The van der Waals surface area contributed by atoms with Crippen LogP contribution in [0.15, 0.2) is 48.5 Å². The minimum Gasteiger partial charge on any atom is -0.507 e. The zero-order chi connectivity index (χ0) is 31.0. The number of carboxylic acids is 2. The third kappa shape index (κ3) is 17.6. The molecule has 0 atom stereocenters. The second-order valence-corrected chi connectivity index (χ2v) is 10.1. The number of benzene rings is 2. The maximum Gasteiger partial charge on any atom is 0.303 e. The molecule has 0 heterocycles. The van der Waals surface area contributed by atoms with E-state index in [0.717, 1.165) is 70.6 Å². The first-order valence-corrected chi connectivity index (χ1v) is 14.8. The Hall–Kier alpha value is -4.08. The average molecular weight is 587 g/mol. The molecule has 0 saturated heterocycles. The Labute approximate surface area is 248 Å². The van der Waals surface area contributed by atoms with Crippen LogP contribution in [0.2, 0.25) is 0 Å². The Morgan fingerprint density at radius 3 is 1.12 bits per heavy atom. The molecule has 232 valence electrons. The van der Waals surface area contributed by atoms with E-state index in [0.29, 0.717) is 25.1 Å². The van der Waals surface area contributed by atoms with Crippen molar-refractivity contribution in [3.05, 3.63) is 59.7 Å². The second kappa shape index (κ2) is 22.6. The normalized spacial score (nSPS) is 10.3. The summed E-state index contributed by atoms with van der Waals surface area (Å²) in [5, 5.41) is 41.6. The molecule has 0 radical (unpaired) electrons. The third-order valence-electron chi connectivity index (χ3n) is 6.50. The van der Waals surface area contributed by atoms with Crippen LogP contribution < -0.4 is 10.6 Å². The van der Waals surface area contributed by atoms with Gasteiger partial charge in [-0.25, -0.2) is 0 Å². The molecule has 2 aromatic carbocycles. The van der Waals surface area contributed by atoms with Gasteiger partial charge in [-0.15, -0.1) is 0 Å². The molecule has 10 heteroatoms. The first-order valence-electron chi connectivity index (χ1n) is 14.8. The Morgan fingerprint density at radius 2 is 0.786 bits per heavy atom. The number of phenolic OH excluding ortho intramolecular Hbond substituents is 2. The van der Waals surface area contributed by atoms with Gasteiger partial charge in [0, 0.05) is 25.9 Å². The number of rotatable bonds is 20. The summed E-state index contributed by atoms with van der Waals surface area (Å²) < 4.78 is 0. The lowest BCUT2D eigenvalue weighted by molar-refractivity contribution is -0.138. The lowest BCUT2D eigenvalue weighted by Crippen LogP contribution is -2.24. The molecule has 2 aromatic rings. The summed E-state index contributed by atoms with van der Waals surface area (Å²) in [6, 6.07) is 12.9. The van der Waals surface area contributed by atoms with Crippen molar-refractivity contribution >= 4 is 23.8 Å². The number of para-hydroxylation sites is 2. The fourth-order valence-corrected chi connectivity index (χ4v) is 4.14. The average Bonchev–Trinajstić information content (AvgIpc) is 2.95. The van der Waals surface area contributed by atoms with Crippen molar-refractivity contribution < 1.29 is 39.6 Å². The zero-order valence-electron chi connectivity index (χ0n) is 24.4. The Kier molecular flexibility index (Phi) is 19.3. The number of carboxylic acid groups (broad SMARTS) is 2. The summed E-state index contributed by atoms with van der Waals surface area (Å²) in [4.78, 5) is 44.2. The summed E-state index contributed by atoms with van der Waals surface area (Å²) >= 11 is 0. The molecule has 2 amide bonds. The van der Waals surface area contributed by atoms with Gasteiger partial charge in [-0.3, -0.25) is 19.2 Å². The summed E-state index contributed by atoms with van der Waals surface area (Å²) in [6.07, 6.45) is 12.0. The fraction of sp³-hybridized carbons (Fsp3) is 0.500. The van der Waals surface area contributed by atoms with Crippen molar-refractivity contribution in [2.75, 3.05) is 13.1 Å². The van der Waals surface area contributed by atoms with E-state index < -0.39 is 11.9 Å². The van der Waals surface area contributed by atoms with Crippen LogP contribution in [0.1, 0.15) is 111 Å². The molecule has 10 nitrogen and oxygen atoms in total. The predicted octanol–water partition coefficient (Wildman–Crippen LogP) is 5.87. The summed E-state index contributed by atoms with van der Waals surface area (Å²) in [6.45, 7) is 1.14. The van der Waals surface area contributed by atoms with Crippen molar-refractivity contribution in [1.29, 1.82) is 0 Å². The van der Waals surface area contributed by atoms with Gasteiger partial charge in [0.05, 0.1) is 11.1 Å². The maximum atomic E-state index is 11.8. The molecule has 0 fully saturated rings. The van der Waals surface area contributed by atoms with Gasteiger partial charge in [0.15, 0.2) is 0 Å². The van der Waals surface area contributed by atoms with Gasteiger partial charge in [-0.05, 0) is 49.9 Å². The van der Waals surface area contributed by atoms with E-state index in [-0.39, 0.29) is 41.7 Å². The van der Waals surface area contributed by atoms with E-state index in [9.17, 15) is 29.4 Å². The molecule has 6 N–H and O–H groups in total. The quantitative estimate of drug-likeness (QED) is 0.104. The summed E-state index contributed by atoms with van der Waals surface area (Å²) in [7, 11) is 0. The number of carbonyl (C=O) groups excluding carboxylic acids is 2. The number of hydrogen-bond donors (Lipinski definition) is 6. The highest BCUT2D eigenvalue weighted by molar-refractivity contribution is 5.97. The molecule has 0 saturated carbocycles. The lowest BCUT2D eigenvalue weighted by atomic mass is 10.1. The number of aromatic hydroxyl groups is 2. The van der Waals surface area contributed by atoms with Crippen LogP contribution in [0.4, 0.5) is 0 Å². The van der Waals surface area contributed by atoms with Crippen molar-refractivity contribution in [3.63, 3.8) is 0 Å². The van der Waals surface area contributed by atoms with Crippen molar-refractivity contribution in [2.24, 2.45) is 0 Å². The van der Waals surface area contributed by atoms with Gasteiger partial charge in [0.1, 0.15) is 11.5 Å². The molecule has 0 bridgehead atoms. The lowest BCUT2D eigenvalue weighted by Gasteiger charge is -2.06. The van der Waals surface area contributed by atoms with Gasteiger partial charge in [-0.2, -0.15) is 0 Å². The monoisotopic (exact) mass is 586 g/mol. The first kappa shape index (κ1) is 35.9. The number of amides is 2. The van der Waals surface area contributed by atoms with Gasteiger partial charge >= 0.3 is 11.9 Å². The largest absolute Gasteiger partial charge is 0.507 e. The predicted molar refractivity (Wildman–Crippen MR) is 161 cm³/mol. The van der Waals surface area contributed by atoms with E-state index in [2.05, 4.69) is 10.6 Å². The van der Waals surface area contributed by atoms with Crippen molar-refractivity contribution in [3.8, 4) is 11.5 Å². The van der Waals surface area contributed by atoms with Crippen LogP contribution in [0.3, 0.4) is 0 Å². The Morgan fingerprint density at radius 1 is 0.476 bits per heavy atom. The maximum absolute atomic E-state index is 11.8. The fourth-order valence-electron chi connectivity index (χ4n) is 4.14. The highest BCUT2D eigenvalue weighted by atomic mass is 16.4. The van der Waals surface area contributed by atoms with Crippen molar-refractivity contribution in [1.82, 2.24) is 10.6 Å². The molecular formula is C32H46N2O8. The number of aliphatic carboxylic acids is 2. The van der Waals surface area contributed by atoms with Gasteiger partial charge in [0.25, 0.3) is 11.8 Å². The van der Waals surface area contributed by atoms with Crippen LogP contribution in [0.25, 0.3) is 0 Å². The third-order valence-corrected chi connectivity index (χ3v) is 6.50. The number of unbranched alkanes of at least 4 members (excludes halogenated alkanes) is 10. The molecule has 0 aliphatic rings. The topological polar surface area (TPSA) is 173 Å². The highest BCUT2D eigenvalue weighted by Crippen LogP contribution is 2.16. The molecular weight excluding hydrogens is 540 g/mol. The SMILES string of the molecule is O=C(O)CCCCCCCCCCNC(=O)c1ccccc1O.O=C(O)CCCCCCNC(=O)c1ccccc1O. The number of carbonyl (C=O) groups is 4. The zero-order valence-corrected chi connectivity index (χ0v) is 24.4. The van der Waals surface area contributed by atoms with E-state index >= 15 is 0 Å². The minimum atomic E-state index is -0.771. The van der Waals surface area contributed by atoms with E-state index in [1.54, 1.807) is 36.4 Å². The van der Waals surface area contributed by atoms with E-state index in [1.165, 1.54) is 12.1 Å². The van der Waals surface area contributed by atoms with Crippen LogP contribution in [-0.4, -0.2) is 57.3 Å². The number of hydrogen-bond acceptors (Lipinski definition) is 6. The summed E-state index contributed by atoms with van der Waals surface area (Å²) in [5.41, 5.74) is 0.585. The Balaban J connectivity index is 0.000000428. The van der Waals surface area contributed by atoms with Gasteiger partial charge < -0.3 is 31.1 Å². The smallest absolute Gasteiger partial charge is 0.303 e. The molecule has 0 spiro atoms. The van der Waals surface area contributed by atoms with Crippen LogP contribution in [0.5, 0.6) is 11.5 Å². The molecule has 42 heavy (non-hydrogen) atoms. The number of phenols is 2. The van der Waals surface area contributed by atoms with E-state index in [4.69, 9.17) is 10.2 Å². The van der Waals surface area contributed by atoms with Gasteiger partial charge in [-0.1, -0.05) is 75.6 Å². The van der Waals surface area contributed by atoms with Crippen LogP contribution in [-0.2, 0) is 9.59 Å². The highest BCUT2D eigenvalue weighted by Gasteiger charge is 2.09. The van der Waals surface area contributed by atoms with Gasteiger partial charge in [0.2, 0.25) is 0 Å². The molecule has 0 aliphatic carbocycles. The minimum absolute atomic E-state index is 0.00731. The number of nitrogens with one attached hydrogen (secondary N) is 2. The Bertz CT molecular complexity index is 1090. The standard InChI is InChI=1S/C18H27NO4.C14H19NO4/c20-16-12-9-8-11-15(16)18(23)19-14-10-6-4-2-1-3-5-7-13-17(21)22;16-12-8-5-4-7-11(12)14(19)15-10-6-2-1-3-9-13(17)18/h8-9,11-12,20H,1-7,10,13-14H2,(H,19,23)(H,21,22);4-5,7-8,16H,1-3,6,9-10H2,(H,15,19)(H,17,18). The molecule has 2 rings (SSSR count). The van der Waals surface area contributed by atoms with Crippen LogP contribution >= 0.6 is 0 Å². The molecule has 0 aliphatic heterocycles. The summed E-state index contributed by atoms with van der Waals surface area (Å²) in [5.74, 6) is -2.02. The molecule has 0 aromatic heterocycles. The van der Waals surface area contributed by atoms with E-state index in [1.807, 2.05) is 0 Å². The van der Waals surface area contributed by atoms with Crippen molar-refractivity contribution in [2.45, 2.75) is 89.9 Å². The second-order valence-electron chi connectivity index (χ2n) is 10.1. The first-order chi connectivity index (χ1) is 20.2. The molecule has 0 unspecified atom stereocenters. The van der Waals surface area contributed by atoms with Crippen LogP contribution in [0, 0.1) is 0 Å².